The Labute approximate surface area is 171 Å². The fourth-order valence-corrected chi connectivity index (χ4v) is 4.40. The second-order valence-corrected chi connectivity index (χ2v) is 7.90. The van der Waals surface area contributed by atoms with Gasteiger partial charge in [0.15, 0.2) is 11.9 Å². The van der Waals surface area contributed by atoms with Gasteiger partial charge >= 0.3 is 0 Å². The highest BCUT2D eigenvalue weighted by molar-refractivity contribution is 7.14. The standard InChI is InChI=1S/C22H17ClN2O2S/c1-26-17-7-8-18-15(10-17)4-9-21-19(18)11-25(13-27-21)22-24-20(12-28-22)14-2-5-16(23)6-3-14/h2-10,12H,11,13H2,1H3. The van der Waals surface area contributed by atoms with Gasteiger partial charge in [0.1, 0.15) is 11.5 Å². The van der Waals surface area contributed by atoms with E-state index in [9.17, 15) is 0 Å². The predicted octanol–water partition coefficient (Wildman–Crippen LogP) is 5.98. The van der Waals surface area contributed by atoms with Gasteiger partial charge in [-0.05, 0) is 41.1 Å². The van der Waals surface area contributed by atoms with E-state index in [1.165, 1.54) is 10.9 Å². The third-order valence-corrected chi connectivity index (χ3v) is 6.08. The van der Waals surface area contributed by atoms with E-state index in [-0.39, 0.29) is 0 Å². The molecule has 2 heterocycles. The molecule has 0 bridgehead atoms. The van der Waals surface area contributed by atoms with E-state index in [0.717, 1.165) is 44.8 Å². The minimum Gasteiger partial charge on any atom is -0.497 e. The number of nitrogens with zero attached hydrogens (tertiary/aromatic N) is 2. The first kappa shape index (κ1) is 17.3. The summed E-state index contributed by atoms with van der Waals surface area (Å²) in [5, 5.41) is 6.06. The van der Waals surface area contributed by atoms with Crippen LogP contribution >= 0.6 is 22.9 Å². The Balaban J connectivity index is 1.47. The number of halogens is 1. The van der Waals surface area contributed by atoms with Gasteiger partial charge in [0.2, 0.25) is 0 Å². The summed E-state index contributed by atoms with van der Waals surface area (Å²) in [6.07, 6.45) is 0. The summed E-state index contributed by atoms with van der Waals surface area (Å²) >= 11 is 7.61. The molecule has 1 aliphatic rings. The van der Waals surface area contributed by atoms with Crippen LogP contribution in [0.5, 0.6) is 11.5 Å². The van der Waals surface area contributed by atoms with Gasteiger partial charge in [-0.25, -0.2) is 4.98 Å². The molecule has 0 spiro atoms. The third-order valence-electron chi connectivity index (χ3n) is 4.92. The maximum Gasteiger partial charge on any atom is 0.188 e. The summed E-state index contributed by atoms with van der Waals surface area (Å²) in [6.45, 7) is 1.24. The lowest BCUT2D eigenvalue weighted by molar-refractivity contribution is 0.290. The molecule has 4 aromatic rings. The van der Waals surface area contributed by atoms with Gasteiger partial charge in [0.05, 0.1) is 19.3 Å². The number of benzene rings is 3. The molecule has 4 nitrogen and oxygen atoms in total. The number of methoxy groups -OCH3 is 1. The summed E-state index contributed by atoms with van der Waals surface area (Å²) in [7, 11) is 1.69. The molecule has 0 aliphatic carbocycles. The zero-order valence-electron chi connectivity index (χ0n) is 15.2. The minimum atomic E-state index is 0.488. The van der Waals surface area contributed by atoms with E-state index in [2.05, 4.69) is 28.5 Å². The van der Waals surface area contributed by atoms with E-state index in [0.29, 0.717) is 6.73 Å². The van der Waals surface area contributed by atoms with Crippen molar-refractivity contribution in [2.45, 2.75) is 6.54 Å². The second-order valence-electron chi connectivity index (χ2n) is 6.62. The summed E-state index contributed by atoms with van der Waals surface area (Å²) in [6, 6.07) is 18.0. The fourth-order valence-electron chi connectivity index (χ4n) is 3.45. The zero-order valence-corrected chi connectivity index (χ0v) is 16.8. The maximum atomic E-state index is 6.03. The normalized spacial score (nSPS) is 13.3. The molecule has 3 aromatic carbocycles. The third kappa shape index (κ3) is 3.07. The van der Waals surface area contributed by atoms with Crippen LogP contribution in [-0.4, -0.2) is 18.8 Å². The van der Waals surface area contributed by atoms with Crippen molar-refractivity contribution in [1.82, 2.24) is 4.98 Å². The van der Waals surface area contributed by atoms with Crippen LogP contribution in [0.1, 0.15) is 5.56 Å². The Morgan fingerprint density at radius 2 is 1.96 bits per heavy atom. The fraction of sp³-hybridized carbons (Fsp3) is 0.136. The largest absolute Gasteiger partial charge is 0.497 e. The minimum absolute atomic E-state index is 0.488. The number of aromatic nitrogens is 1. The summed E-state index contributed by atoms with van der Waals surface area (Å²) in [5.41, 5.74) is 3.18. The molecule has 5 rings (SSSR count). The van der Waals surface area contributed by atoms with Crippen molar-refractivity contribution in [3.05, 3.63) is 70.6 Å². The van der Waals surface area contributed by atoms with Gasteiger partial charge in [-0.2, -0.15) is 0 Å². The maximum absolute atomic E-state index is 6.03. The van der Waals surface area contributed by atoms with Crippen LogP contribution in [-0.2, 0) is 6.54 Å². The topological polar surface area (TPSA) is 34.6 Å². The molecule has 0 saturated heterocycles. The molecule has 140 valence electrons. The van der Waals surface area contributed by atoms with Crippen molar-refractivity contribution in [3.8, 4) is 22.8 Å². The lowest BCUT2D eigenvalue weighted by atomic mass is 10.0. The van der Waals surface area contributed by atoms with Crippen molar-refractivity contribution < 1.29 is 9.47 Å². The summed E-state index contributed by atoms with van der Waals surface area (Å²) in [4.78, 5) is 6.98. The number of hydrogen-bond acceptors (Lipinski definition) is 5. The first-order valence-electron chi connectivity index (χ1n) is 8.90. The van der Waals surface area contributed by atoms with Crippen LogP contribution in [0.4, 0.5) is 5.13 Å². The smallest absolute Gasteiger partial charge is 0.188 e. The van der Waals surface area contributed by atoms with Gasteiger partial charge in [-0.1, -0.05) is 35.9 Å². The quantitative estimate of drug-likeness (QED) is 0.417. The van der Waals surface area contributed by atoms with E-state index in [4.69, 9.17) is 26.1 Å². The Bertz CT molecular complexity index is 1160. The Hall–Kier alpha value is -2.76. The molecular formula is C22H17ClN2O2S. The van der Waals surface area contributed by atoms with Crippen LogP contribution in [0, 0.1) is 0 Å². The van der Waals surface area contributed by atoms with E-state index in [1.54, 1.807) is 18.4 Å². The van der Waals surface area contributed by atoms with Crippen molar-refractivity contribution in [1.29, 1.82) is 0 Å². The zero-order chi connectivity index (χ0) is 19.1. The van der Waals surface area contributed by atoms with Crippen LogP contribution in [0.15, 0.2) is 60.0 Å². The van der Waals surface area contributed by atoms with Gasteiger partial charge < -0.3 is 14.4 Å². The highest BCUT2D eigenvalue weighted by Gasteiger charge is 2.22. The first-order chi connectivity index (χ1) is 13.7. The highest BCUT2D eigenvalue weighted by Crippen LogP contribution is 2.37. The molecule has 1 aromatic heterocycles. The molecule has 0 radical (unpaired) electrons. The molecule has 0 N–H and O–H groups in total. The monoisotopic (exact) mass is 408 g/mol. The number of thiazole rings is 1. The Morgan fingerprint density at radius 1 is 1.11 bits per heavy atom. The van der Waals surface area contributed by atoms with Gasteiger partial charge in [0, 0.05) is 21.5 Å². The highest BCUT2D eigenvalue weighted by atomic mass is 35.5. The molecule has 0 amide bonds. The Morgan fingerprint density at radius 3 is 2.79 bits per heavy atom. The predicted molar refractivity (Wildman–Crippen MR) is 115 cm³/mol. The molecule has 0 atom stereocenters. The lowest BCUT2D eigenvalue weighted by Gasteiger charge is -2.29. The molecule has 6 heteroatoms. The van der Waals surface area contributed by atoms with E-state index >= 15 is 0 Å². The molecule has 0 fully saturated rings. The van der Waals surface area contributed by atoms with Crippen molar-refractivity contribution >= 4 is 38.8 Å². The van der Waals surface area contributed by atoms with Gasteiger partial charge in [0.25, 0.3) is 0 Å². The molecule has 0 unspecified atom stereocenters. The SMILES string of the molecule is COc1ccc2c3c(ccc2c1)OCN(c1nc(-c2ccc(Cl)cc2)cs1)C3. The van der Waals surface area contributed by atoms with Crippen molar-refractivity contribution in [2.24, 2.45) is 0 Å². The van der Waals surface area contributed by atoms with Crippen LogP contribution in [0.2, 0.25) is 5.02 Å². The lowest BCUT2D eigenvalue weighted by Crippen LogP contribution is -2.31. The molecule has 1 aliphatic heterocycles. The molecular weight excluding hydrogens is 392 g/mol. The average molecular weight is 409 g/mol. The van der Waals surface area contributed by atoms with Crippen LogP contribution in [0.3, 0.4) is 0 Å². The van der Waals surface area contributed by atoms with Crippen LogP contribution in [0.25, 0.3) is 22.0 Å². The van der Waals surface area contributed by atoms with Gasteiger partial charge in [-0.15, -0.1) is 11.3 Å². The van der Waals surface area contributed by atoms with Crippen molar-refractivity contribution in [2.75, 3.05) is 18.7 Å². The number of fused-ring (bicyclic) bond motifs is 3. The Kier molecular flexibility index (Phi) is 4.34. The average Bonchev–Trinajstić information content (AvgIpc) is 3.23. The van der Waals surface area contributed by atoms with E-state index in [1.807, 2.05) is 36.4 Å². The van der Waals surface area contributed by atoms with E-state index < -0.39 is 0 Å². The summed E-state index contributed by atoms with van der Waals surface area (Å²) < 4.78 is 11.4. The van der Waals surface area contributed by atoms with Crippen molar-refractivity contribution in [3.63, 3.8) is 0 Å². The summed E-state index contributed by atoms with van der Waals surface area (Å²) in [5.74, 6) is 1.79. The first-order valence-corrected chi connectivity index (χ1v) is 10.2. The number of rotatable bonds is 3. The second kappa shape index (κ2) is 7.00. The number of hydrogen-bond donors (Lipinski definition) is 0. The van der Waals surface area contributed by atoms with Gasteiger partial charge in [-0.3, -0.25) is 0 Å². The molecule has 0 saturated carbocycles. The number of ether oxygens (including phenoxy) is 2. The van der Waals surface area contributed by atoms with Crippen LogP contribution < -0.4 is 14.4 Å². The molecule has 28 heavy (non-hydrogen) atoms. The number of anilines is 1.